The Bertz CT molecular complexity index is 2070. The van der Waals surface area contributed by atoms with Gasteiger partial charge in [0.1, 0.15) is 11.5 Å². The number of rotatable bonds is 11. The number of anilines is 6. The van der Waals surface area contributed by atoms with Gasteiger partial charge in [0.25, 0.3) is 0 Å². The lowest BCUT2D eigenvalue weighted by molar-refractivity contribution is 0.483. The Balaban J connectivity index is 1.14. The maximum Gasteiger partial charge on any atom is 0.129 e. The molecule has 0 aliphatic carbocycles. The molecular weight excluding hydrogens is 609 g/mol. The van der Waals surface area contributed by atoms with Gasteiger partial charge in [-0.1, -0.05) is 118 Å². The molecule has 0 atom stereocenters. The quantitative estimate of drug-likeness (QED) is 0.139. The van der Waals surface area contributed by atoms with E-state index in [9.17, 15) is 0 Å². The van der Waals surface area contributed by atoms with Crippen LogP contribution in [-0.4, -0.2) is 0 Å². The van der Waals surface area contributed by atoms with Crippen molar-refractivity contribution in [3.05, 3.63) is 194 Å². The van der Waals surface area contributed by atoms with Crippen LogP contribution in [0.1, 0.15) is 32.8 Å². The molecule has 0 aliphatic heterocycles. The molecule has 0 N–H and O–H groups in total. The van der Waals surface area contributed by atoms with Gasteiger partial charge in [-0.2, -0.15) is 0 Å². The molecule has 7 rings (SSSR count). The Hall–Kier alpha value is -6.06. The van der Waals surface area contributed by atoms with Gasteiger partial charge in [-0.25, -0.2) is 0 Å². The van der Waals surface area contributed by atoms with Crippen LogP contribution in [0.4, 0.5) is 34.1 Å². The molecule has 0 aliphatic rings. The number of nitrogens with zero attached hydrogens (tertiary/aromatic N) is 2. The zero-order valence-corrected chi connectivity index (χ0v) is 28.9. The molecule has 3 nitrogen and oxygen atoms in total. The molecule has 0 radical (unpaired) electrons. The third-order valence-electron chi connectivity index (χ3n) is 9.46. The number of hydrogen-bond donors (Lipinski definition) is 0. The summed E-state index contributed by atoms with van der Waals surface area (Å²) in [6.07, 6.45) is 1.11. The number of benzene rings is 7. The van der Waals surface area contributed by atoms with E-state index in [1.54, 1.807) is 0 Å². The Labute approximate surface area is 296 Å². The van der Waals surface area contributed by atoms with E-state index in [0.717, 1.165) is 52.0 Å². The zero-order chi connectivity index (χ0) is 34.3. The first-order valence-electron chi connectivity index (χ1n) is 17.3. The number of ether oxygens (including phenoxy) is 1. The minimum Gasteiger partial charge on any atom is -0.457 e. The Morgan fingerprint density at radius 3 is 1.28 bits per heavy atom. The standard InChI is InChI=1S/C47H42N2O/c1-4-47(2,3)38-27-23-36(24-28-38)37-25-29-42(30-26-37)49(41-19-12-7-13-20-41)44-21-14-22-46(35-44)50-45-33-31-43(32-34-45)48(39-15-8-5-9-16-39)40-17-10-6-11-18-40/h5-35H,4H2,1-3H3. The van der Waals surface area contributed by atoms with E-state index in [4.69, 9.17) is 4.74 Å². The molecule has 0 saturated carbocycles. The SMILES string of the molecule is CCC(C)(C)c1ccc(-c2ccc(N(c3ccccc3)c3cccc(Oc4ccc(N(c5ccccc5)c5ccccc5)cc4)c3)cc2)cc1. The summed E-state index contributed by atoms with van der Waals surface area (Å²) in [5.41, 5.74) is 10.4. The second-order valence-electron chi connectivity index (χ2n) is 13.1. The second kappa shape index (κ2) is 14.6. The lowest BCUT2D eigenvalue weighted by Gasteiger charge is -2.26. The average Bonchev–Trinajstić information content (AvgIpc) is 3.18. The highest BCUT2D eigenvalue weighted by atomic mass is 16.5. The van der Waals surface area contributed by atoms with Crippen molar-refractivity contribution in [3.63, 3.8) is 0 Å². The maximum atomic E-state index is 6.46. The van der Waals surface area contributed by atoms with Gasteiger partial charge in [0.15, 0.2) is 0 Å². The van der Waals surface area contributed by atoms with Gasteiger partial charge < -0.3 is 14.5 Å². The summed E-state index contributed by atoms with van der Waals surface area (Å²) in [5, 5.41) is 0. The first kappa shape index (κ1) is 32.5. The second-order valence-corrected chi connectivity index (χ2v) is 13.1. The van der Waals surface area contributed by atoms with Crippen LogP contribution in [0.2, 0.25) is 0 Å². The summed E-state index contributed by atoms with van der Waals surface area (Å²) < 4.78 is 6.46. The first-order chi connectivity index (χ1) is 24.5. The highest BCUT2D eigenvalue weighted by molar-refractivity contribution is 5.79. The highest BCUT2D eigenvalue weighted by Crippen LogP contribution is 2.39. The molecule has 0 fully saturated rings. The molecule has 0 bridgehead atoms. The average molecular weight is 651 g/mol. The lowest BCUT2D eigenvalue weighted by Crippen LogP contribution is -2.14. The van der Waals surface area contributed by atoms with Crippen LogP contribution in [-0.2, 0) is 5.41 Å². The Morgan fingerprint density at radius 1 is 0.400 bits per heavy atom. The van der Waals surface area contributed by atoms with Crippen LogP contribution >= 0.6 is 0 Å². The van der Waals surface area contributed by atoms with Gasteiger partial charge in [0.2, 0.25) is 0 Å². The Kier molecular flexibility index (Phi) is 9.48. The van der Waals surface area contributed by atoms with Crippen molar-refractivity contribution in [2.45, 2.75) is 32.6 Å². The molecule has 0 heterocycles. The van der Waals surface area contributed by atoms with Gasteiger partial charge >= 0.3 is 0 Å². The predicted octanol–water partition coefficient (Wildman–Crippen LogP) is 13.8. The minimum atomic E-state index is 0.173. The van der Waals surface area contributed by atoms with E-state index in [1.165, 1.54) is 16.7 Å². The highest BCUT2D eigenvalue weighted by Gasteiger charge is 2.18. The van der Waals surface area contributed by atoms with Crippen molar-refractivity contribution in [1.82, 2.24) is 0 Å². The summed E-state index contributed by atoms with van der Waals surface area (Å²) in [7, 11) is 0. The van der Waals surface area contributed by atoms with Crippen LogP contribution in [0.5, 0.6) is 11.5 Å². The van der Waals surface area contributed by atoms with E-state index >= 15 is 0 Å². The first-order valence-corrected chi connectivity index (χ1v) is 17.3. The van der Waals surface area contributed by atoms with Crippen molar-refractivity contribution in [2.75, 3.05) is 9.80 Å². The predicted molar refractivity (Wildman–Crippen MR) is 211 cm³/mol. The molecule has 3 heteroatoms. The smallest absolute Gasteiger partial charge is 0.129 e. The number of hydrogen-bond acceptors (Lipinski definition) is 3. The largest absolute Gasteiger partial charge is 0.457 e. The van der Waals surface area contributed by atoms with Crippen molar-refractivity contribution >= 4 is 34.1 Å². The lowest BCUT2D eigenvalue weighted by atomic mass is 9.82. The molecule has 7 aromatic carbocycles. The fourth-order valence-corrected chi connectivity index (χ4v) is 6.23. The fraction of sp³-hybridized carbons (Fsp3) is 0.106. The minimum absolute atomic E-state index is 0.173. The molecule has 7 aromatic rings. The summed E-state index contributed by atoms with van der Waals surface area (Å²) in [4.78, 5) is 4.51. The van der Waals surface area contributed by atoms with Gasteiger partial charge in [0, 0.05) is 40.2 Å². The molecule has 0 saturated heterocycles. The molecular formula is C47H42N2O. The molecule has 50 heavy (non-hydrogen) atoms. The monoisotopic (exact) mass is 650 g/mol. The molecule has 0 aromatic heterocycles. The third kappa shape index (κ3) is 7.18. The fourth-order valence-electron chi connectivity index (χ4n) is 6.23. The molecule has 246 valence electrons. The van der Waals surface area contributed by atoms with Gasteiger partial charge in [-0.05, 0) is 113 Å². The van der Waals surface area contributed by atoms with Crippen molar-refractivity contribution in [2.24, 2.45) is 0 Å². The summed E-state index contributed by atoms with van der Waals surface area (Å²) in [6, 6.07) is 65.7. The molecule has 0 spiro atoms. The van der Waals surface area contributed by atoms with Crippen molar-refractivity contribution < 1.29 is 4.74 Å². The van der Waals surface area contributed by atoms with Crippen LogP contribution in [0.3, 0.4) is 0 Å². The number of para-hydroxylation sites is 3. The van der Waals surface area contributed by atoms with E-state index in [0.29, 0.717) is 0 Å². The van der Waals surface area contributed by atoms with Crippen molar-refractivity contribution in [1.29, 1.82) is 0 Å². The van der Waals surface area contributed by atoms with E-state index in [1.807, 2.05) is 36.4 Å². The van der Waals surface area contributed by atoms with Crippen LogP contribution in [0, 0.1) is 0 Å². The van der Waals surface area contributed by atoms with E-state index in [2.05, 4.69) is 182 Å². The van der Waals surface area contributed by atoms with Gasteiger partial charge in [-0.15, -0.1) is 0 Å². The zero-order valence-electron chi connectivity index (χ0n) is 28.9. The van der Waals surface area contributed by atoms with E-state index < -0.39 is 0 Å². The van der Waals surface area contributed by atoms with Gasteiger partial charge in [0.05, 0.1) is 0 Å². The summed E-state index contributed by atoms with van der Waals surface area (Å²) in [5.74, 6) is 1.54. The summed E-state index contributed by atoms with van der Waals surface area (Å²) >= 11 is 0. The molecule has 0 unspecified atom stereocenters. The van der Waals surface area contributed by atoms with Crippen molar-refractivity contribution in [3.8, 4) is 22.6 Å². The normalized spacial score (nSPS) is 11.2. The van der Waals surface area contributed by atoms with Crippen LogP contribution < -0.4 is 14.5 Å². The Morgan fingerprint density at radius 2 is 0.800 bits per heavy atom. The molecule has 0 amide bonds. The van der Waals surface area contributed by atoms with Crippen LogP contribution in [0.15, 0.2) is 188 Å². The third-order valence-corrected chi connectivity index (χ3v) is 9.46. The van der Waals surface area contributed by atoms with Gasteiger partial charge in [-0.3, -0.25) is 0 Å². The van der Waals surface area contributed by atoms with Crippen LogP contribution in [0.25, 0.3) is 11.1 Å². The van der Waals surface area contributed by atoms with E-state index in [-0.39, 0.29) is 5.41 Å². The maximum absolute atomic E-state index is 6.46. The summed E-state index contributed by atoms with van der Waals surface area (Å²) in [6.45, 7) is 6.85. The topological polar surface area (TPSA) is 15.7 Å².